The van der Waals surface area contributed by atoms with Crippen LogP contribution >= 0.6 is 0 Å². The number of Topliss-reactive ketones (excluding diaryl/α,β-unsaturated/α-hetero) is 1. The Kier molecular flexibility index (Phi) is 2.15. The summed E-state index contributed by atoms with van der Waals surface area (Å²) in [5, 5.41) is 9.59. The number of rotatable bonds is 1. The summed E-state index contributed by atoms with van der Waals surface area (Å²) in [6.07, 6.45) is 0.333. The molecule has 0 spiro atoms. The highest BCUT2D eigenvalue weighted by Crippen LogP contribution is 2.31. The van der Waals surface area contributed by atoms with E-state index in [0.717, 1.165) is 5.56 Å². The average Bonchev–Trinajstić information content (AvgIpc) is 2.47. The van der Waals surface area contributed by atoms with Crippen molar-refractivity contribution in [3.8, 4) is 0 Å². The molecule has 2 atom stereocenters. The van der Waals surface area contributed by atoms with Crippen molar-refractivity contribution in [2.24, 2.45) is 0 Å². The van der Waals surface area contributed by atoms with E-state index in [4.69, 9.17) is 0 Å². The summed E-state index contributed by atoms with van der Waals surface area (Å²) in [5.41, 5.74) is 1.07. The first kappa shape index (κ1) is 8.45. The SMILES string of the molecule is O=C1CC(O)C(c2ccccc2)C1. The standard InChI is InChI=1S/C11H12O2/c12-9-6-10(11(13)7-9)8-4-2-1-3-5-8/h1-5,10-11,13H,6-7H2. The summed E-state index contributed by atoms with van der Waals surface area (Å²) in [7, 11) is 0. The molecular formula is C11H12O2. The number of aliphatic hydroxyl groups is 1. The van der Waals surface area contributed by atoms with Crippen LogP contribution in [0.1, 0.15) is 24.3 Å². The molecule has 1 aromatic carbocycles. The van der Waals surface area contributed by atoms with E-state index in [2.05, 4.69) is 0 Å². The minimum atomic E-state index is -0.477. The van der Waals surface area contributed by atoms with Crippen LogP contribution in [0.5, 0.6) is 0 Å². The third kappa shape index (κ3) is 1.63. The van der Waals surface area contributed by atoms with Gasteiger partial charge < -0.3 is 5.11 Å². The molecule has 0 heterocycles. The molecule has 2 heteroatoms. The summed E-state index contributed by atoms with van der Waals surface area (Å²) in [6, 6.07) is 9.74. The fourth-order valence-corrected chi connectivity index (χ4v) is 1.88. The molecule has 68 valence electrons. The molecule has 1 saturated carbocycles. The largest absolute Gasteiger partial charge is 0.392 e. The molecule has 1 aromatic rings. The maximum Gasteiger partial charge on any atom is 0.136 e. The first-order valence-electron chi connectivity index (χ1n) is 4.52. The van der Waals surface area contributed by atoms with Gasteiger partial charge in [0, 0.05) is 18.8 Å². The number of hydrogen-bond acceptors (Lipinski definition) is 2. The molecule has 2 nitrogen and oxygen atoms in total. The average molecular weight is 176 g/mol. The van der Waals surface area contributed by atoms with E-state index in [1.165, 1.54) is 0 Å². The van der Waals surface area contributed by atoms with E-state index in [-0.39, 0.29) is 11.7 Å². The molecule has 0 amide bonds. The van der Waals surface area contributed by atoms with Gasteiger partial charge in [0.2, 0.25) is 0 Å². The Labute approximate surface area is 77.2 Å². The van der Waals surface area contributed by atoms with Gasteiger partial charge in [0.15, 0.2) is 0 Å². The van der Waals surface area contributed by atoms with Gasteiger partial charge in [-0.15, -0.1) is 0 Å². The molecule has 1 N–H and O–H groups in total. The van der Waals surface area contributed by atoms with Crippen molar-refractivity contribution in [3.63, 3.8) is 0 Å². The Morgan fingerprint density at radius 3 is 2.38 bits per heavy atom. The second kappa shape index (κ2) is 3.30. The molecule has 0 radical (unpaired) electrons. The fourth-order valence-electron chi connectivity index (χ4n) is 1.88. The van der Waals surface area contributed by atoms with Crippen molar-refractivity contribution >= 4 is 5.78 Å². The number of aliphatic hydroxyl groups excluding tert-OH is 1. The summed E-state index contributed by atoms with van der Waals surface area (Å²) in [4.78, 5) is 11.1. The van der Waals surface area contributed by atoms with E-state index < -0.39 is 6.10 Å². The Hall–Kier alpha value is -1.15. The third-order valence-corrected chi connectivity index (χ3v) is 2.58. The zero-order chi connectivity index (χ0) is 9.26. The molecule has 13 heavy (non-hydrogen) atoms. The predicted octanol–water partition coefficient (Wildman–Crippen LogP) is 1.49. The minimum Gasteiger partial charge on any atom is -0.392 e. The first-order valence-corrected chi connectivity index (χ1v) is 4.52. The van der Waals surface area contributed by atoms with Gasteiger partial charge in [-0.1, -0.05) is 30.3 Å². The Morgan fingerprint density at radius 2 is 1.85 bits per heavy atom. The van der Waals surface area contributed by atoms with Crippen LogP contribution in [0.4, 0.5) is 0 Å². The van der Waals surface area contributed by atoms with Crippen LogP contribution in [0.3, 0.4) is 0 Å². The number of hydrogen-bond donors (Lipinski definition) is 1. The highest BCUT2D eigenvalue weighted by Gasteiger charge is 2.32. The fraction of sp³-hybridized carbons (Fsp3) is 0.364. The van der Waals surface area contributed by atoms with E-state index in [0.29, 0.717) is 12.8 Å². The number of carbonyl (C=O) groups is 1. The van der Waals surface area contributed by atoms with E-state index in [1.54, 1.807) is 0 Å². The second-order valence-corrected chi connectivity index (χ2v) is 3.53. The first-order chi connectivity index (χ1) is 6.27. The quantitative estimate of drug-likeness (QED) is 0.704. The lowest BCUT2D eigenvalue weighted by atomic mass is 9.96. The van der Waals surface area contributed by atoms with Crippen molar-refractivity contribution in [1.29, 1.82) is 0 Å². The van der Waals surface area contributed by atoms with Crippen molar-refractivity contribution in [2.45, 2.75) is 24.9 Å². The van der Waals surface area contributed by atoms with Crippen molar-refractivity contribution in [3.05, 3.63) is 35.9 Å². The topological polar surface area (TPSA) is 37.3 Å². The highest BCUT2D eigenvalue weighted by atomic mass is 16.3. The Morgan fingerprint density at radius 1 is 1.15 bits per heavy atom. The molecule has 1 aliphatic carbocycles. The van der Waals surface area contributed by atoms with Gasteiger partial charge >= 0.3 is 0 Å². The zero-order valence-corrected chi connectivity index (χ0v) is 7.31. The van der Waals surface area contributed by atoms with Gasteiger partial charge in [0.1, 0.15) is 5.78 Å². The lowest BCUT2D eigenvalue weighted by Crippen LogP contribution is -2.10. The van der Waals surface area contributed by atoms with Gasteiger partial charge in [-0.3, -0.25) is 4.79 Å². The highest BCUT2D eigenvalue weighted by molar-refractivity contribution is 5.82. The van der Waals surface area contributed by atoms with Gasteiger partial charge in [0.05, 0.1) is 6.10 Å². The van der Waals surface area contributed by atoms with Crippen molar-refractivity contribution in [1.82, 2.24) is 0 Å². The molecule has 0 aliphatic heterocycles. The van der Waals surface area contributed by atoms with Gasteiger partial charge in [-0.05, 0) is 5.56 Å². The van der Waals surface area contributed by atoms with E-state index >= 15 is 0 Å². The molecule has 0 bridgehead atoms. The molecule has 2 rings (SSSR count). The Balaban J connectivity index is 2.23. The second-order valence-electron chi connectivity index (χ2n) is 3.53. The summed E-state index contributed by atoms with van der Waals surface area (Å²) >= 11 is 0. The third-order valence-electron chi connectivity index (χ3n) is 2.58. The summed E-state index contributed by atoms with van der Waals surface area (Å²) in [6.45, 7) is 0. The molecule has 1 aliphatic rings. The van der Waals surface area contributed by atoms with Crippen LogP contribution in [0, 0.1) is 0 Å². The van der Waals surface area contributed by atoms with Gasteiger partial charge in [-0.25, -0.2) is 0 Å². The molecule has 2 unspecified atom stereocenters. The van der Waals surface area contributed by atoms with Crippen LogP contribution in [0.15, 0.2) is 30.3 Å². The smallest absolute Gasteiger partial charge is 0.136 e. The lowest BCUT2D eigenvalue weighted by Gasteiger charge is -2.12. The van der Waals surface area contributed by atoms with E-state index in [1.807, 2.05) is 30.3 Å². The van der Waals surface area contributed by atoms with Crippen molar-refractivity contribution in [2.75, 3.05) is 0 Å². The summed E-state index contributed by atoms with van der Waals surface area (Å²) < 4.78 is 0. The van der Waals surface area contributed by atoms with E-state index in [9.17, 15) is 9.90 Å². The monoisotopic (exact) mass is 176 g/mol. The maximum atomic E-state index is 11.1. The molecule has 0 aromatic heterocycles. The number of benzene rings is 1. The molecule has 0 saturated heterocycles. The number of carbonyl (C=O) groups excluding carboxylic acids is 1. The van der Waals surface area contributed by atoms with Crippen LogP contribution in [-0.4, -0.2) is 17.0 Å². The van der Waals surface area contributed by atoms with Crippen LogP contribution in [-0.2, 0) is 4.79 Å². The Bertz CT molecular complexity index is 305. The predicted molar refractivity (Wildman–Crippen MR) is 49.4 cm³/mol. The van der Waals surface area contributed by atoms with Crippen LogP contribution in [0.25, 0.3) is 0 Å². The minimum absolute atomic E-state index is 0.0219. The summed E-state index contributed by atoms with van der Waals surface area (Å²) in [5.74, 6) is 0.190. The lowest BCUT2D eigenvalue weighted by molar-refractivity contribution is -0.117. The van der Waals surface area contributed by atoms with Crippen LogP contribution < -0.4 is 0 Å². The molecule has 1 fully saturated rings. The van der Waals surface area contributed by atoms with Crippen LogP contribution in [0.2, 0.25) is 0 Å². The normalized spacial score (nSPS) is 27.9. The van der Waals surface area contributed by atoms with Gasteiger partial charge in [-0.2, -0.15) is 0 Å². The van der Waals surface area contributed by atoms with Gasteiger partial charge in [0.25, 0.3) is 0 Å². The molecular weight excluding hydrogens is 164 g/mol. The van der Waals surface area contributed by atoms with Crippen molar-refractivity contribution < 1.29 is 9.90 Å². The maximum absolute atomic E-state index is 11.1. The zero-order valence-electron chi connectivity index (χ0n) is 7.31. The number of ketones is 1.